The van der Waals surface area contributed by atoms with Gasteiger partial charge >= 0.3 is 5.69 Å². The molecule has 8 heteroatoms. The molecule has 1 aromatic carbocycles. The van der Waals surface area contributed by atoms with Gasteiger partial charge in [-0.05, 0) is 49.3 Å². The summed E-state index contributed by atoms with van der Waals surface area (Å²) in [5, 5.41) is 23.9. The van der Waals surface area contributed by atoms with Crippen molar-refractivity contribution >= 4 is 27.9 Å². The Labute approximate surface area is 160 Å². The number of amides is 1. The fourth-order valence-electron chi connectivity index (χ4n) is 3.16. The van der Waals surface area contributed by atoms with Crippen LogP contribution >= 0.6 is 11.3 Å². The number of rotatable bonds is 5. The van der Waals surface area contributed by atoms with Crippen LogP contribution in [0.5, 0.6) is 5.75 Å². The Morgan fingerprint density at radius 1 is 1.52 bits per heavy atom. The summed E-state index contributed by atoms with van der Waals surface area (Å²) in [6.45, 7) is 3.55. The molecule has 3 rings (SSSR count). The first kappa shape index (κ1) is 18.9. The van der Waals surface area contributed by atoms with Crippen LogP contribution in [0, 0.1) is 34.3 Å². The fraction of sp³-hybridized carbons (Fsp3) is 0.368. The maximum absolute atomic E-state index is 12.3. The third kappa shape index (κ3) is 4.09. The van der Waals surface area contributed by atoms with E-state index >= 15 is 0 Å². The minimum atomic E-state index is -0.539. The number of thiophene rings is 1. The fourth-order valence-corrected chi connectivity index (χ4v) is 4.53. The molecule has 1 N–H and O–H groups in total. The first-order valence-electron chi connectivity index (χ1n) is 8.61. The van der Waals surface area contributed by atoms with E-state index in [0.29, 0.717) is 16.5 Å². The lowest BCUT2D eigenvalue weighted by molar-refractivity contribution is -0.385. The topological polar surface area (TPSA) is 105 Å². The zero-order valence-electron chi connectivity index (χ0n) is 15.1. The van der Waals surface area contributed by atoms with Gasteiger partial charge in [0.15, 0.2) is 12.4 Å². The molecule has 0 saturated carbocycles. The lowest BCUT2D eigenvalue weighted by atomic mass is 9.89. The molecule has 140 valence electrons. The normalized spacial score (nSPS) is 15.5. The van der Waals surface area contributed by atoms with Crippen molar-refractivity contribution in [1.29, 1.82) is 5.26 Å². The molecular formula is C19H19N3O4S. The van der Waals surface area contributed by atoms with E-state index in [1.807, 2.05) is 0 Å². The van der Waals surface area contributed by atoms with Crippen LogP contribution in [0.3, 0.4) is 0 Å². The van der Waals surface area contributed by atoms with E-state index in [4.69, 9.17) is 4.74 Å². The Balaban J connectivity index is 1.71. The van der Waals surface area contributed by atoms with Gasteiger partial charge in [0.1, 0.15) is 11.1 Å². The number of nitrogens with zero attached hydrogens (tertiary/aromatic N) is 2. The number of ether oxygens (including phenoxy) is 1. The van der Waals surface area contributed by atoms with Crippen LogP contribution in [0.1, 0.15) is 34.9 Å². The molecule has 27 heavy (non-hydrogen) atoms. The van der Waals surface area contributed by atoms with Gasteiger partial charge < -0.3 is 10.1 Å². The van der Waals surface area contributed by atoms with E-state index in [0.717, 1.165) is 35.3 Å². The van der Waals surface area contributed by atoms with E-state index in [9.17, 15) is 20.2 Å². The molecule has 7 nitrogen and oxygen atoms in total. The van der Waals surface area contributed by atoms with Crippen molar-refractivity contribution in [2.75, 3.05) is 11.9 Å². The second-order valence-corrected chi connectivity index (χ2v) is 7.84. The van der Waals surface area contributed by atoms with Gasteiger partial charge in [-0.1, -0.05) is 13.0 Å². The number of fused-ring (bicyclic) bond motifs is 1. The van der Waals surface area contributed by atoms with Crippen LogP contribution in [0.2, 0.25) is 0 Å². The summed E-state index contributed by atoms with van der Waals surface area (Å²) >= 11 is 1.43. The molecule has 0 aliphatic heterocycles. The number of carbonyl (C=O) groups excluding carboxylic acids is 1. The van der Waals surface area contributed by atoms with Crippen molar-refractivity contribution in [3.63, 3.8) is 0 Å². The van der Waals surface area contributed by atoms with Crippen molar-refractivity contribution in [1.82, 2.24) is 0 Å². The Morgan fingerprint density at radius 2 is 2.30 bits per heavy atom. The second kappa shape index (κ2) is 7.76. The summed E-state index contributed by atoms with van der Waals surface area (Å²) in [7, 11) is 0. The highest BCUT2D eigenvalue weighted by Gasteiger charge is 2.25. The van der Waals surface area contributed by atoms with Gasteiger partial charge in [-0.3, -0.25) is 14.9 Å². The molecule has 0 saturated heterocycles. The van der Waals surface area contributed by atoms with Gasteiger partial charge in [-0.2, -0.15) is 5.26 Å². The van der Waals surface area contributed by atoms with Gasteiger partial charge in [-0.25, -0.2) is 0 Å². The van der Waals surface area contributed by atoms with Crippen molar-refractivity contribution in [2.45, 2.75) is 33.1 Å². The van der Waals surface area contributed by atoms with Crippen molar-refractivity contribution in [3.8, 4) is 11.8 Å². The Kier molecular flexibility index (Phi) is 5.42. The number of hydrogen-bond donors (Lipinski definition) is 1. The van der Waals surface area contributed by atoms with Crippen molar-refractivity contribution in [3.05, 3.63) is 49.9 Å². The predicted molar refractivity (Wildman–Crippen MR) is 102 cm³/mol. The molecule has 0 bridgehead atoms. The smallest absolute Gasteiger partial charge is 0.311 e. The third-order valence-corrected chi connectivity index (χ3v) is 5.72. The summed E-state index contributed by atoms with van der Waals surface area (Å²) in [5.74, 6) is 0.158. The molecule has 1 aliphatic carbocycles. The van der Waals surface area contributed by atoms with Crippen LogP contribution in [0.25, 0.3) is 0 Å². The van der Waals surface area contributed by atoms with Gasteiger partial charge in [0.25, 0.3) is 5.91 Å². The monoisotopic (exact) mass is 385 g/mol. The van der Waals surface area contributed by atoms with Gasteiger partial charge in [0.05, 0.1) is 10.5 Å². The zero-order valence-corrected chi connectivity index (χ0v) is 15.9. The Hall–Kier alpha value is -2.92. The number of nitro benzene ring substituents is 1. The maximum atomic E-state index is 12.3. The SMILES string of the molecule is Cc1ccc(OCC(=O)Nc2sc3c(c2C#N)CC[C@@H](C)C3)c([N+](=O)[O-])c1. The van der Waals surface area contributed by atoms with E-state index in [-0.39, 0.29) is 18.0 Å². The quantitative estimate of drug-likeness (QED) is 0.619. The van der Waals surface area contributed by atoms with Crippen molar-refractivity contribution < 1.29 is 14.5 Å². The zero-order chi connectivity index (χ0) is 19.6. The molecule has 1 aromatic heterocycles. The summed E-state index contributed by atoms with van der Waals surface area (Å²) in [5.41, 5.74) is 2.11. The number of nitro groups is 1. The highest BCUT2D eigenvalue weighted by atomic mass is 32.1. The Morgan fingerprint density at radius 3 is 3.00 bits per heavy atom. The minimum Gasteiger partial charge on any atom is -0.477 e. The number of benzene rings is 1. The van der Waals surface area contributed by atoms with Crippen LogP contribution in [-0.2, 0) is 17.6 Å². The average Bonchev–Trinajstić information content (AvgIpc) is 2.96. The number of aryl methyl sites for hydroxylation is 1. The van der Waals surface area contributed by atoms with Crippen LogP contribution < -0.4 is 10.1 Å². The van der Waals surface area contributed by atoms with E-state index in [2.05, 4.69) is 18.3 Å². The first-order valence-corrected chi connectivity index (χ1v) is 9.43. The molecule has 0 spiro atoms. The van der Waals surface area contributed by atoms with E-state index < -0.39 is 10.8 Å². The number of anilines is 1. The number of hydrogen-bond acceptors (Lipinski definition) is 6. The third-order valence-electron chi connectivity index (χ3n) is 4.55. The maximum Gasteiger partial charge on any atom is 0.311 e. The standard InChI is InChI=1S/C19H19N3O4S/c1-11-4-6-16(15(7-11)22(24)25)26-10-18(23)21-19-14(9-20)13-5-3-12(2)8-17(13)27-19/h4,6-7,12H,3,5,8,10H2,1-2H3,(H,21,23)/t12-/m1/s1. The van der Waals surface area contributed by atoms with Crippen molar-refractivity contribution in [2.24, 2.45) is 5.92 Å². The van der Waals surface area contributed by atoms with Crippen LogP contribution in [0.4, 0.5) is 10.7 Å². The molecule has 2 aromatic rings. The molecule has 0 radical (unpaired) electrons. The summed E-state index contributed by atoms with van der Waals surface area (Å²) in [6.07, 6.45) is 2.79. The lowest BCUT2D eigenvalue weighted by Crippen LogP contribution is -2.20. The average molecular weight is 385 g/mol. The second-order valence-electron chi connectivity index (χ2n) is 6.73. The molecule has 0 fully saturated rings. The first-order chi connectivity index (χ1) is 12.9. The molecule has 1 atom stereocenters. The Bertz CT molecular complexity index is 945. The van der Waals surface area contributed by atoms with E-state index in [1.165, 1.54) is 23.5 Å². The molecule has 1 aliphatic rings. The summed E-state index contributed by atoms with van der Waals surface area (Å²) in [4.78, 5) is 24.0. The molecule has 1 amide bonds. The van der Waals surface area contributed by atoms with Crippen LogP contribution in [0.15, 0.2) is 18.2 Å². The largest absolute Gasteiger partial charge is 0.477 e. The molecule has 1 heterocycles. The van der Waals surface area contributed by atoms with Gasteiger partial charge in [-0.15, -0.1) is 11.3 Å². The molecular weight excluding hydrogens is 366 g/mol. The van der Waals surface area contributed by atoms with Gasteiger partial charge in [0, 0.05) is 10.9 Å². The number of carbonyl (C=O) groups is 1. The highest BCUT2D eigenvalue weighted by Crippen LogP contribution is 2.39. The summed E-state index contributed by atoms with van der Waals surface area (Å²) < 4.78 is 5.35. The van der Waals surface area contributed by atoms with E-state index in [1.54, 1.807) is 13.0 Å². The van der Waals surface area contributed by atoms with Crippen LogP contribution in [-0.4, -0.2) is 17.4 Å². The highest BCUT2D eigenvalue weighted by molar-refractivity contribution is 7.16. The number of nitrogens with one attached hydrogen (secondary N) is 1. The van der Waals surface area contributed by atoms with Gasteiger partial charge in [0.2, 0.25) is 0 Å². The lowest BCUT2D eigenvalue weighted by Gasteiger charge is -2.17. The summed E-state index contributed by atoms with van der Waals surface area (Å²) in [6, 6.07) is 6.75. The predicted octanol–water partition coefficient (Wildman–Crippen LogP) is 3.98. The minimum absolute atomic E-state index is 0.0422. The number of nitriles is 1. The molecule has 0 unspecified atom stereocenters.